The maximum Gasteiger partial charge on any atom is 0.338 e. The maximum atomic E-state index is 12.1. The van der Waals surface area contributed by atoms with Crippen LogP contribution in [0.5, 0.6) is 0 Å². The predicted molar refractivity (Wildman–Crippen MR) is 90.8 cm³/mol. The fourth-order valence-corrected chi connectivity index (χ4v) is 2.70. The minimum absolute atomic E-state index is 0.0602. The number of ether oxygens (including phenoxy) is 1. The van der Waals surface area contributed by atoms with Crippen molar-refractivity contribution in [3.05, 3.63) is 29.8 Å². The Balaban J connectivity index is 1.93. The average molecular weight is 332 g/mol. The van der Waals surface area contributed by atoms with Gasteiger partial charge in [-0.15, -0.1) is 0 Å². The van der Waals surface area contributed by atoms with Crippen molar-refractivity contribution in [2.45, 2.75) is 45.6 Å². The number of hydrogen-bond acceptors (Lipinski definition) is 4. The molecule has 1 aromatic carbocycles. The van der Waals surface area contributed by atoms with Crippen LogP contribution in [0.15, 0.2) is 24.3 Å². The molecule has 0 aliphatic carbocycles. The van der Waals surface area contributed by atoms with Crippen LogP contribution < -0.4 is 10.2 Å². The van der Waals surface area contributed by atoms with Crippen LogP contribution in [0.3, 0.4) is 0 Å². The second-order valence-corrected chi connectivity index (χ2v) is 5.86. The zero-order valence-corrected chi connectivity index (χ0v) is 14.2. The third-order valence-corrected chi connectivity index (χ3v) is 4.15. The van der Waals surface area contributed by atoms with Gasteiger partial charge in [0.05, 0.1) is 5.56 Å². The number of benzene rings is 1. The number of carbonyl (C=O) groups is 3. The van der Waals surface area contributed by atoms with Gasteiger partial charge in [0.15, 0.2) is 6.61 Å². The van der Waals surface area contributed by atoms with E-state index in [1.165, 1.54) is 0 Å². The normalized spacial score (nSPS) is 14.1. The Kier molecular flexibility index (Phi) is 6.35. The first-order valence-electron chi connectivity index (χ1n) is 8.42. The van der Waals surface area contributed by atoms with Crippen LogP contribution in [0.2, 0.25) is 0 Å². The molecule has 6 heteroatoms. The summed E-state index contributed by atoms with van der Waals surface area (Å²) >= 11 is 0. The van der Waals surface area contributed by atoms with Crippen LogP contribution in [0, 0.1) is 0 Å². The molecular weight excluding hydrogens is 308 g/mol. The fourth-order valence-electron chi connectivity index (χ4n) is 2.70. The van der Waals surface area contributed by atoms with Crippen LogP contribution in [-0.4, -0.2) is 37.0 Å². The standard InChI is InChI=1S/C18H24N2O4/c1-3-14(4-2)19-16(21)12-24-18(23)13-7-5-8-15(11-13)20-10-6-9-17(20)22/h5,7-8,11,14H,3-4,6,9-10,12H2,1-2H3,(H,19,21). The number of nitrogens with zero attached hydrogens (tertiary/aromatic N) is 1. The second-order valence-electron chi connectivity index (χ2n) is 5.86. The van der Waals surface area contributed by atoms with Gasteiger partial charge in [0, 0.05) is 24.7 Å². The highest BCUT2D eigenvalue weighted by molar-refractivity contribution is 5.97. The summed E-state index contributed by atoms with van der Waals surface area (Å²) in [7, 11) is 0. The molecule has 0 unspecified atom stereocenters. The Hall–Kier alpha value is -2.37. The van der Waals surface area contributed by atoms with E-state index in [9.17, 15) is 14.4 Å². The van der Waals surface area contributed by atoms with Crippen molar-refractivity contribution in [1.29, 1.82) is 0 Å². The second kappa shape index (κ2) is 8.47. The van der Waals surface area contributed by atoms with E-state index in [1.54, 1.807) is 29.2 Å². The number of anilines is 1. The Morgan fingerprint density at radius 3 is 2.67 bits per heavy atom. The summed E-state index contributed by atoms with van der Waals surface area (Å²) in [5, 5.41) is 2.82. The molecule has 1 aliphatic rings. The molecule has 0 saturated carbocycles. The molecule has 24 heavy (non-hydrogen) atoms. The molecule has 1 fully saturated rings. The highest BCUT2D eigenvalue weighted by Gasteiger charge is 2.22. The Morgan fingerprint density at radius 1 is 1.29 bits per heavy atom. The highest BCUT2D eigenvalue weighted by atomic mass is 16.5. The van der Waals surface area contributed by atoms with Gasteiger partial charge >= 0.3 is 5.97 Å². The van der Waals surface area contributed by atoms with E-state index in [1.807, 2.05) is 13.8 Å². The summed E-state index contributed by atoms with van der Waals surface area (Å²) in [6, 6.07) is 6.85. The molecule has 1 aromatic rings. The molecule has 0 spiro atoms. The van der Waals surface area contributed by atoms with Gasteiger partial charge in [-0.2, -0.15) is 0 Å². The van der Waals surface area contributed by atoms with Crippen LogP contribution in [-0.2, 0) is 14.3 Å². The first-order valence-corrected chi connectivity index (χ1v) is 8.42. The number of amides is 2. The average Bonchev–Trinajstić information content (AvgIpc) is 3.03. The van der Waals surface area contributed by atoms with Gasteiger partial charge in [0.2, 0.25) is 5.91 Å². The fraction of sp³-hybridized carbons (Fsp3) is 0.500. The molecule has 2 rings (SSSR count). The molecule has 2 amide bonds. The molecule has 6 nitrogen and oxygen atoms in total. The SMILES string of the molecule is CCC(CC)NC(=O)COC(=O)c1cccc(N2CCCC2=O)c1. The van der Waals surface area contributed by atoms with Gasteiger partial charge in [-0.05, 0) is 37.5 Å². The molecule has 1 aliphatic heterocycles. The third kappa shape index (κ3) is 4.57. The summed E-state index contributed by atoms with van der Waals surface area (Å²) in [4.78, 5) is 37.4. The Labute approximate surface area is 142 Å². The lowest BCUT2D eigenvalue weighted by Crippen LogP contribution is -2.36. The van der Waals surface area contributed by atoms with Gasteiger partial charge < -0.3 is 15.0 Å². The monoisotopic (exact) mass is 332 g/mol. The number of rotatable bonds is 7. The first kappa shape index (κ1) is 18.0. The van der Waals surface area contributed by atoms with Gasteiger partial charge in [0.25, 0.3) is 5.91 Å². The van der Waals surface area contributed by atoms with Crippen LogP contribution in [0.1, 0.15) is 49.9 Å². The highest BCUT2D eigenvalue weighted by Crippen LogP contribution is 2.22. The molecule has 1 heterocycles. The van der Waals surface area contributed by atoms with E-state index < -0.39 is 5.97 Å². The van der Waals surface area contributed by atoms with Gasteiger partial charge in [-0.1, -0.05) is 19.9 Å². The maximum absolute atomic E-state index is 12.1. The molecule has 1 N–H and O–H groups in total. The summed E-state index contributed by atoms with van der Waals surface area (Å²) in [5.41, 5.74) is 1.02. The topological polar surface area (TPSA) is 75.7 Å². The van der Waals surface area contributed by atoms with Gasteiger partial charge in [-0.3, -0.25) is 9.59 Å². The number of carbonyl (C=O) groups excluding carboxylic acids is 3. The number of hydrogen-bond donors (Lipinski definition) is 1. The van der Waals surface area contributed by atoms with E-state index >= 15 is 0 Å². The van der Waals surface area contributed by atoms with Gasteiger partial charge in [0.1, 0.15) is 0 Å². The lowest BCUT2D eigenvalue weighted by Gasteiger charge is -2.16. The lowest BCUT2D eigenvalue weighted by atomic mass is 10.2. The van der Waals surface area contributed by atoms with Gasteiger partial charge in [-0.25, -0.2) is 4.79 Å². The number of nitrogens with one attached hydrogen (secondary N) is 1. The van der Waals surface area contributed by atoms with Crippen molar-refractivity contribution in [3.63, 3.8) is 0 Å². The van der Waals surface area contributed by atoms with E-state index in [-0.39, 0.29) is 24.5 Å². The smallest absolute Gasteiger partial charge is 0.338 e. The molecule has 130 valence electrons. The van der Waals surface area contributed by atoms with E-state index in [0.717, 1.165) is 19.3 Å². The third-order valence-electron chi connectivity index (χ3n) is 4.15. The lowest BCUT2D eigenvalue weighted by molar-refractivity contribution is -0.125. The largest absolute Gasteiger partial charge is 0.452 e. The van der Waals surface area contributed by atoms with Crippen molar-refractivity contribution < 1.29 is 19.1 Å². The van der Waals surface area contributed by atoms with Crippen molar-refractivity contribution in [2.24, 2.45) is 0 Å². The molecule has 0 radical (unpaired) electrons. The summed E-state index contributed by atoms with van der Waals surface area (Å²) in [6.07, 6.45) is 3.03. The summed E-state index contributed by atoms with van der Waals surface area (Å²) in [5.74, 6) is -0.809. The molecule has 0 bridgehead atoms. The number of esters is 1. The van der Waals surface area contributed by atoms with Crippen molar-refractivity contribution >= 4 is 23.5 Å². The summed E-state index contributed by atoms with van der Waals surface area (Å²) in [6.45, 7) is 4.34. The zero-order chi connectivity index (χ0) is 17.5. The first-order chi connectivity index (χ1) is 11.5. The zero-order valence-electron chi connectivity index (χ0n) is 14.2. The van der Waals surface area contributed by atoms with Crippen molar-refractivity contribution in [1.82, 2.24) is 5.32 Å². The van der Waals surface area contributed by atoms with Crippen LogP contribution in [0.4, 0.5) is 5.69 Å². The Bertz CT molecular complexity index is 611. The molecular formula is C18H24N2O4. The Morgan fingerprint density at radius 2 is 2.04 bits per heavy atom. The predicted octanol–water partition coefficient (Wildman–Crippen LogP) is 2.28. The molecule has 0 atom stereocenters. The molecule has 0 aromatic heterocycles. The summed E-state index contributed by atoms with van der Waals surface area (Å²) < 4.78 is 5.07. The van der Waals surface area contributed by atoms with Crippen molar-refractivity contribution in [3.8, 4) is 0 Å². The van der Waals surface area contributed by atoms with E-state index in [0.29, 0.717) is 24.2 Å². The van der Waals surface area contributed by atoms with Crippen LogP contribution in [0.25, 0.3) is 0 Å². The minimum atomic E-state index is -0.566. The minimum Gasteiger partial charge on any atom is -0.452 e. The van der Waals surface area contributed by atoms with Crippen molar-refractivity contribution in [2.75, 3.05) is 18.1 Å². The van der Waals surface area contributed by atoms with E-state index in [2.05, 4.69) is 5.32 Å². The molecule has 1 saturated heterocycles. The quantitative estimate of drug-likeness (QED) is 0.777. The van der Waals surface area contributed by atoms with Crippen LogP contribution >= 0.6 is 0 Å². The van der Waals surface area contributed by atoms with E-state index in [4.69, 9.17) is 4.74 Å².